The van der Waals surface area contributed by atoms with Crippen LogP contribution in [0.5, 0.6) is 0 Å². The monoisotopic (exact) mass is 278 g/mol. The molecular formula is C15H22N2O3. The lowest BCUT2D eigenvalue weighted by Crippen LogP contribution is -2.38. The van der Waals surface area contributed by atoms with Crippen molar-refractivity contribution in [3.8, 4) is 0 Å². The second kappa shape index (κ2) is 4.66. The van der Waals surface area contributed by atoms with Crippen LogP contribution in [0.3, 0.4) is 0 Å². The van der Waals surface area contributed by atoms with Gasteiger partial charge in [0.05, 0.1) is 34.2 Å². The summed E-state index contributed by atoms with van der Waals surface area (Å²) < 4.78 is 6.02. The predicted octanol–water partition coefficient (Wildman–Crippen LogP) is 2.73. The predicted molar refractivity (Wildman–Crippen MR) is 79.1 cm³/mol. The lowest BCUT2D eigenvalue weighted by Gasteiger charge is -2.28. The first-order valence-corrected chi connectivity index (χ1v) is 6.70. The number of carbonyl (C=O) groups is 1. The van der Waals surface area contributed by atoms with Gasteiger partial charge >= 0.3 is 5.97 Å². The number of benzene rings is 1. The number of nitrogen functional groups attached to an aromatic ring is 1. The second-order valence-corrected chi connectivity index (χ2v) is 6.47. The molecule has 0 amide bonds. The summed E-state index contributed by atoms with van der Waals surface area (Å²) >= 11 is 0. The molecule has 1 aliphatic heterocycles. The molecule has 0 aliphatic carbocycles. The van der Waals surface area contributed by atoms with Crippen LogP contribution in [0.25, 0.3) is 0 Å². The van der Waals surface area contributed by atoms with Crippen LogP contribution in [0.15, 0.2) is 18.2 Å². The fraction of sp³-hybridized carbons (Fsp3) is 0.533. The maximum atomic E-state index is 11.0. The number of nitrogens with one attached hydrogen (secondary N) is 1. The zero-order valence-corrected chi connectivity index (χ0v) is 12.4. The summed E-state index contributed by atoms with van der Waals surface area (Å²) in [5.74, 6) is -0.963. The van der Waals surface area contributed by atoms with Crippen molar-refractivity contribution in [2.24, 2.45) is 0 Å². The van der Waals surface area contributed by atoms with Gasteiger partial charge in [0.2, 0.25) is 0 Å². The van der Waals surface area contributed by atoms with Gasteiger partial charge in [-0.2, -0.15) is 0 Å². The van der Waals surface area contributed by atoms with Crippen molar-refractivity contribution in [3.63, 3.8) is 0 Å². The van der Waals surface area contributed by atoms with Crippen molar-refractivity contribution in [3.05, 3.63) is 23.8 Å². The number of anilines is 2. The molecule has 1 unspecified atom stereocenters. The molecule has 0 bridgehead atoms. The van der Waals surface area contributed by atoms with E-state index in [4.69, 9.17) is 15.6 Å². The molecule has 20 heavy (non-hydrogen) atoms. The molecule has 1 heterocycles. The van der Waals surface area contributed by atoms with Gasteiger partial charge in [0.25, 0.3) is 0 Å². The normalized spacial score (nSPS) is 23.5. The number of carboxylic acid groups (broad SMARTS) is 1. The van der Waals surface area contributed by atoms with E-state index in [1.807, 2.05) is 27.7 Å². The first kappa shape index (κ1) is 14.7. The van der Waals surface area contributed by atoms with Crippen LogP contribution in [0.4, 0.5) is 11.4 Å². The topological polar surface area (TPSA) is 84.6 Å². The lowest BCUT2D eigenvalue weighted by molar-refractivity contribution is -0.0662. The van der Waals surface area contributed by atoms with Gasteiger partial charge in [0.1, 0.15) is 0 Å². The van der Waals surface area contributed by atoms with Crippen molar-refractivity contribution in [1.82, 2.24) is 0 Å². The fourth-order valence-corrected chi connectivity index (χ4v) is 2.79. The fourth-order valence-electron chi connectivity index (χ4n) is 2.79. The average molecular weight is 278 g/mol. The third-order valence-corrected chi connectivity index (χ3v) is 3.70. The van der Waals surface area contributed by atoms with Crippen LogP contribution in [0.2, 0.25) is 0 Å². The number of nitrogens with two attached hydrogens (primary N) is 1. The summed E-state index contributed by atoms with van der Waals surface area (Å²) in [6, 6.07) is 4.76. The third kappa shape index (κ3) is 2.88. The van der Waals surface area contributed by atoms with Crippen LogP contribution in [0.1, 0.15) is 44.5 Å². The Bertz CT molecular complexity index is 538. The molecule has 1 aromatic carbocycles. The van der Waals surface area contributed by atoms with Gasteiger partial charge in [0.15, 0.2) is 0 Å². The summed E-state index contributed by atoms with van der Waals surface area (Å²) in [5, 5.41) is 12.4. The van der Waals surface area contributed by atoms with Crippen molar-refractivity contribution < 1.29 is 14.6 Å². The highest BCUT2D eigenvalue weighted by molar-refractivity contribution is 5.90. The number of rotatable bonds is 3. The van der Waals surface area contributed by atoms with Crippen molar-refractivity contribution in [2.75, 3.05) is 11.1 Å². The van der Waals surface area contributed by atoms with E-state index in [0.29, 0.717) is 11.4 Å². The Kier molecular flexibility index (Phi) is 3.42. The molecule has 0 radical (unpaired) electrons. The maximum absolute atomic E-state index is 11.0. The van der Waals surface area contributed by atoms with E-state index < -0.39 is 5.97 Å². The minimum absolute atomic E-state index is 0.0730. The highest BCUT2D eigenvalue weighted by Gasteiger charge is 2.45. The van der Waals surface area contributed by atoms with Crippen molar-refractivity contribution in [2.45, 2.75) is 51.4 Å². The van der Waals surface area contributed by atoms with E-state index in [1.165, 1.54) is 6.07 Å². The van der Waals surface area contributed by atoms with E-state index in [2.05, 4.69) is 5.32 Å². The standard InChI is InChI=1S/C15H22N2O3/c1-14(2)8-12(15(3,4)20-14)17-11-7-9(13(18)19)5-6-10(11)16/h5-7,12,17H,8,16H2,1-4H3,(H,18,19). The molecule has 1 aromatic rings. The second-order valence-electron chi connectivity index (χ2n) is 6.47. The number of ether oxygens (including phenoxy) is 1. The van der Waals surface area contributed by atoms with Crippen LogP contribution in [-0.4, -0.2) is 28.3 Å². The van der Waals surface area contributed by atoms with Gasteiger partial charge in [-0.25, -0.2) is 4.79 Å². The summed E-state index contributed by atoms with van der Waals surface area (Å²) in [6.07, 6.45) is 0.830. The van der Waals surface area contributed by atoms with E-state index >= 15 is 0 Å². The largest absolute Gasteiger partial charge is 0.478 e. The van der Waals surface area contributed by atoms with E-state index in [-0.39, 0.29) is 22.8 Å². The van der Waals surface area contributed by atoms with Gasteiger partial charge < -0.3 is 20.9 Å². The molecule has 1 atom stereocenters. The molecule has 1 saturated heterocycles. The Morgan fingerprint density at radius 1 is 1.40 bits per heavy atom. The van der Waals surface area contributed by atoms with Crippen LogP contribution in [0, 0.1) is 0 Å². The number of hydrogen-bond acceptors (Lipinski definition) is 4. The van der Waals surface area contributed by atoms with Gasteiger partial charge in [-0.05, 0) is 52.3 Å². The zero-order chi connectivity index (χ0) is 15.1. The molecule has 1 aliphatic rings. The smallest absolute Gasteiger partial charge is 0.335 e. The first-order valence-electron chi connectivity index (χ1n) is 6.70. The Morgan fingerprint density at radius 2 is 2.05 bits per heavy atom. The maximum Gasteiger partial charge on any atom is 0.335 e. The van der Waals surface area contributed by atoms with Crippen LogP contribution >= 0.6 is 0 Å². The van der Waals surface area contributed by atoms with E-state index in [0.717, 1.165) is 6.42 Å². The zero-order valence-electron chi connectivity index (χ0n) is 12.4. The third-order valence-electron chi connectivity index (χ3n) is 3.70. The highest BCUT2D eigenvalue weighted by Crippen LogP contribution is 2.39. The molecule has 4 N–H and O–H groups in total. The SMILES string of the molecule is CC1(C)CC(Nc2cc(C(=O)O)ccc2N)C(C)(C)O1. The van der Waals surface area contributed by atoms with E-state index in [1.54, 1.807) is 12.1 Å². The molecule has 0 saturated carbocycles. The Balaban J connectivity index is 2.26. The Morgan fingerprint density at radius 3 is 2.55 bits per heavy atom. The van der Waals surface area contributed by atoms with Crippen LogP contribution < -0.4 is 11.1 Å². The number of carboxylic acids is 1. The van der Waals surface area contributed by atoms with Crippen molar-refractivity contribution in [1.29, 1.82) is 0 Å². The lowest BCUT2D eigenvalue weighted by atomic mass is 9.94. The Labute approximate surface area is 119 Å². The number of aromatic carboxylic acids is 1. The van der Waals surface area contributed by atoms with Gasteiger partial charge in [-0.1, -0.05) is 0 Å². The molecular weight excluding hydrogens is 256 g/mol. The molecule has 2 rings (SSSR count). The molecule has 0 aromatic heterocycles. The molecule has 5 nitrogen and oxygen atoms in total. The minimum Gasteiger partial charge on any atom is -0.478 e. The first-order chi connectivity index (χ1) is 9.11. The van der Waals surface area contributed by atoms with Crippen molar-refractivity contribution >= 4 is 17.3 Å². The summed E-state index contributed by atoms with van der Waals surface area (Å²) in [4.78, 5) is 11.0. The molecule has 110 valence electrons. The summed E-state index contributed by atoms with van der Waals surface area (Å²) in [6.45, 7) is 8.15. The average Bonchev–Trinajstić information content (AvgIpc) is 2.49. The molecule has 1 fully saturated rings. The summed E-state index contributed by atoms with van der Waals surface area (Å²) in [5.41, 5.74) is 6.78. The van der Waals surface area contributed by atoms with E-state index in [9.17, 15) is 4.79 Å². The van der Waals surface area contributed by atoms with Gasteiger partial charge in [-0.3, -0.25) is 0 Å². The highest BCUT2D eigenvalue weighted by atomic mass is 16.5. The molecule has 5 heteroatoms. The van der Waals surface area contributed by atoms with Gasteiger partial charge in [0, 0.05) is 0 Å². The van der Waals surface area contributed by atoms with Crippen LogP contribution in [-0.2, 0) is 4.74 Å². The van der Waals surface area contributed by atoms with Gasteiger partial charge in [-0.15, -0.1) is 0 Å². The number of hydrogen-bond donors (Lipinski definition) is 3. The Hall–Kier alpha value is -1.75. The minimum atomic E-state index is -0.963. The molecule has 0 spiro atoms. The quantitative estimate of drug-likeness (QED) is 0.740. The summed E-state index contributed by atoms with van der Waals surface area (Å²) in [7, 11) is 0.